The van der Waals surface area contributed by atoms with Crippen LogP contribution in [0.2, 0.25) is 0 Å². The molecule has 11 heteroatoms. The van der Waals surface area contributed by atoms with Crippen LogP contribution in [0.15, 0.2) is 36.2 Å². The van der Waals surface area contributed by atoms with Gasteiger partial charge in [0.15, 0.2) is 0 Å². The van der Waals surface area contributed by atoms with E-state index in [0.29, 0.717) is 13.0 Å². The highest BCUT2D eigenvalue weighted by Crippen LogP contribution is 2.35. The zero-order valence-electron chi connectivity index (χ0n) is 23.1. The molecule has 5 aliphatic rings. The molecular formula is C28H43FN8O2. The Morgan fingerprint density at radius 3 is 2.64 bits per heavy atom. The number of rotatable bonds is 3. The molecular weight excluding hydrogens is 499 g/mol. The van der Waals surface area contributed by atoms with Crippen molar-refractivity contribution >= 4 is 17.3 Å². The summed E-state index contributed by atoms with van der Waals surface area (Å²) in [6, 6.07) is 8.36. The van der Waals surface area contributed by atoms with Crippen LogP contribution in [0.4, 0.5) is 15.8 Å². The molecule has 4 fully saturated rings. The Hall–Kier alpha value is -2.28. The fourth-order valence-corrected chi connectivity index (χ4v) is 6.73. The van der Waals surface area contributed by atoms with Crippen molar-refractivity contribution < 1.29 is 14.3 Å². The van der Waals surface area contributed by atoms with E-state index in [4.69, 9.17) is 0 Å². The van der Waals surface area contributed by atoms with Gasteiger partial charge in [0.05, 0.1) is 36.2 Å². The second-order valence-corrected chi connectivity index (χ2v) is 12.0. The van der Waals surface area contributed by atoms with Crippen molar-refractivity contribution in [2.24, 2.45) is 5.92 Å². The van der Waals surface area contributed by atoms with Crippen LogP contribution in [-0.4, -0.2) is 103 Å². The third-order valence-corrected chi connectivity index (χ3v) is 9.23. The number of likely N-dealkylation sites (N-methyl/N-ethyl adjacent to an activating group) is 1. The third-order valence-electron chi connectivity index (χ3n) is 9.23. The Balaban J connectivity index is 1.18. The van der Waals surface area contributed by atoms with Gasteiger partial charge >= 0.3 is 0 Å². The summed E-state index contributed by atoms with van der Waals surface area (Å²) in [5.74, 6) is -0.571. The van der Waals surface area contributed by atoms with Crippen LogP contribution in [0, 0.1) is 5.92 Å². The Morgan fingerprint density at radius 1 is 1.10 bits per heavy atom. The number of fused-ring (bicyclic) bond motifs is 6. The van der Waals surface area contributed by atoms with Crippen molar-refractivity contribution in [2.75, 3.05) is 56.5 Å². The number of carbonyl (C=O) groups excluding carboxylic acids is 1. The highest BCUT2D eigenvalue weighted by atomic mass is 19.1. The van der Waals surface area contributed by atoms with Gasteiger partial charge in [-0.25, -0.2) is 4.39 Å². The molecule has 1 amide bonds. The van der Waals surface area contributed by atoms with Gasteiger partial charge in [-0.1, -0.05) is 0 Å². The van der Waals surface area contributed by atoms with Gasteiger partial charge in [-0.3, -0.25) is 25.8 Å². The second-order valence-electron chi connectivity index (χ2n) is 12.0. The number of piperidine rings is 1. The molecule has 5 heterocycles. The van der Waals surface area contributed by atoms with E-state index < -0.39 is 5.60 Å². The Labute approximate surface area is 230 Å². The molecule has 2 bridgehead atoms. The molecule has 0 aliphatic carbocycles. The number of hydrazine groups is 1. The van der Waals surface area contributed by atoms with Gasteiger partial charge in [0.2, 0.25) is 5.91 Å². The van der Waals surface area contributed by atoms with Crippen LogP contribution < -0.4 is 26.2 Å². The summed E-state index contributed by atoms with van der Waals surface area (Å²) in [6.45, 7) is 6.71. The lowest BCUT2D eigenvalue weighted by atomic mass is 9.85. The maximum atomic E-state index is 14.7. The topological polar surface area (TPSA) is 98.4 Å². The van der Waals surface area contributed by atoms with E-state index in [1.165, 1.54) is 11.8 Å². The van der Waals surface area contributed by atoms with Crippen LogP contribution in [0.3, 0.4) is 0 Å². The largest absolute Gasteiger partial charge is 0.389 e. The fraction of sp³-hybridized carbons (Fsp3) is 0.679. The van der Waals surface area contributed by atoms with Crippen molar-refractivity contribution in [3.05, 3.63) is 36.2 Å². The number of nitrogens with zero attached hydrogens (tertiary/aromatic N) is 4. The van der Waals surface area contributed by atoms with Crippen molar-refractivity contribution in [3.63, 3.8) is 0 Å². The minimum Gasteiger partial charge on any atom is -0.389 e. The number of hydrogen-bond donors (Lipinski definition) is 5. The predicted octanol–water partition coefficient (Wildman–Crippen LogP) is 1.19. The van der Waals surface area contributed by atoms with E-state index in [1.807, 2.05) is 0 Å². The average Bonchev–Trinajstić information content (AvgIpc) is 3.21. The number of halogens is 1. The van der Waals surface area contributed by atoms with Crippen molar-refractivity contribution in [1.82, 2.24) is 30.9 Å². The Kier molecular flexibility index (Phi) is 7.55. The maximum absolute atomic E-state index is 14.7. The fourth-order valence-electron chi connectivity index (χ4n) is 6.73. The van der Waals surface area contributed by atoms with Crippen LogP contribution in [-0.2, 0) is 4.79 Å². The second kappa shape index (κ2) is 10.9. The molecule has 214 valence electrons. The molecule has 6 atom stereocenters. The summed E-state index contributed by atoms with van der Waals surface area (Å²) in [5.41, 5.74) is 1.20. The lowest BCUT2D eigenvalue weighted by Crippen LogP contribution is -2.69. The molecule has 0 spiro atoms. The lowest BCUT2D eigenvalue weighted by Gasteiger charge is -2.47. The van der Waals surface area contributed by atoms with E-state index in [2.05, 4.69) is 67.4 Å². The third kappa shape index (κ3) is 5.53. The molecule has 0 saturated carbocycles. The number of hydrogen-bond acceptors (Lipinski definition) is 9. The minimum absolute atomic E-state index is 0.00559. The summed E-state index contributed by atoms with van der Waals surface area (Å²) < 4.78 is 14.7. The number of carbonyl (C=O) groups is 1. The van der Waals surface area contributed by atoms with E-state index in [1.54, 1.807) is 11.9 Å². The zero-order valence-corrected chi connectivity index (χ0v) is 23.1. The first-order valence-electron chi connectivity index (χ1n) is 14.5. The van der Waals surface area contributed by atoms with Crippen molar-refractivity contribution in [3.8, 4) is 0 Å². The Bertz CT molecular complexity index is 1060. The number of piperazine rings is 1. The molecule has 6 unspecified atom stereocenters. The highest BCUT2D eigenvalue weighted by Gasteiger charge is 2.52. The molecule has 6 rings (SSSR count). The van der Waals surface area contributed by atoms with Crippen LogP contribution >= 0.6 is 0 Å². The van der Waals surface area contributed by atoms with Crippen molar-refractivity contribution in [1.29, 1.82) is 0 Å². The molecule has 0 aromatic heterocycles. The highest BCUT2D eigenvalue weighted by molar-refractivity contribution is 5.82. The van der Waals surface area contributed by atoms with Crippen LogP contribution in [0.5, 0.6) is 0 Å². The van der Waals surface area contributed by atoms with Gasteiger partial charge in [0.1, 0.15) is 6.29 Å². The van der Waals surface area contributed by atoms with E-state index in [0.717, 1.165) is 51.1 Å². The molecule has 5 aliphatic heterocycles. The molecule has 0 radical (unpaired) electrons. The summed E-state index contributed by atoms with van der Waals surface area (Å²) in [7, 11) is 2.16. The molecule has 39 heavy (non-hydrogen) atoms. The summed E-state index contributed by atoms with van der Waals surface area (Å²) in [5, 5.41) is 29.2. The molecule has 1 aromatic rings. The zero-order chi connectivity index (χ0) is 27.1. The average molecular weight is 543 g/mol. The maximum Gasteiger partial charge on any atom is 0.244 e. The number of nitrogens with one attached hydrogen (secondary N) is 4. The van der Waals surface area contributed by atoms with Gasteiger partial charge in [0, 0.05) is 56.6 Å². The summed E-state index contributed by atoms with van der Waals surface area (Å²) >= 11 is 0. The normalized spacial score (nSPS) is 37.9. The first kappa shape index (κ1) is 26.9. The molecule has 5 N–H and O–H groups in total. The van der Waals surface area contributed by atoms with Gasteiger partial charge < -0.3 is 20.2 Å². The predicted molar refractivity (Wildman–Crippen MR) is 149 cm³/mol. The first-order valence-corrected chi connectivity index (χ1v) is 14.5. The minimum atomic E-state index is -1.02. The Morgan fingerprint density at radius 2 is 1.87 bits per heavy atom. The van der Waals surface area contributed by atoms with Gasteiger partial charge in [-0.2, -0.15) is 5.01 Å². The van der Waals surface area contributed by atoms with Gasteiger partial charge in [-0.15, -0.1) is 0 Å². The summed E-state index contributed by atoms with van der Waals surface area (Å²) in [6.07, 6.45) is 4.02. The number of anilines is 2. The number of aliphatic hydroxyl groups is 1. The smallest absolute Gasteiger partial charge is 0.244 e. The molecule has 4 saturated heterocycles. The van der Waals surface area contributed by atoms with Gasteiger partial charge in [0.25, 0.3) is 0 Å². The van der Waals surface area contributed by atoms with E-state index in [-0.39, 0.29) is 55.3 Å². The number of benzene rings is 1. The van der Waals surface area contributed by atoms with Crippen LogP contribution in [0.25, 0.3) is 0 Å². The molecule has 1 aromatic carbocycles. The van der Waals surface area contributed by atoms with Crippen molar-refractivity contribution in [2.45, 2.75) is 69.3 Å². The standard InChI is InChI=1S/C28H43FN8O2/c1-28(39)12-10-19(29)11-13-36-26(38)22-18-30-27(33-25(22)37(36)24-5-3-4-23(28)32-24)31-20-6-8-21(9-7-20)35-16-14-34(2)15-17-35/h6-9,11,22-25,27,30-33,39H,3-5,10,12-18H2,1-2H3/b19-11+. The molecule has 10 nitrogen and oxygen atoms in total. The quantitative estimate of drug-likeness (QED) is 0.386. The summed E-state index contributed by atoms with van der Waals surface area (Å²) in [4.78, 5) is 18.3. The SMILES string of the molecule is CN1CCN(c2ccc(NC3NCC4C(=O)N5C/C=C(/F)CCC(C)(O)C6CCCC(N6)N5C4N3)cc2)CC1. The van der Waals surface area contributed by atoms with E-state index >= 15 is 0 Å². The first-order chi connectivity index (χ1) is 18.8. The van der Waals surface area contributed by atoms with E-state index in [9.17, 15) is 14.3 Å². The van der Waals surface area contributed by atoms with Gasteiger partial charge in [-0.05, 0) is 70.0 Å². The monoisotopic (exact) mass is 542 g/mol. The number of amides is 1. The number of allylic oxidation sites excluding steroid dienone is 1. The van der Waals surface area contributed by atoms with Crippen LogP contribution in [0.1, 0.15) is 39.0 Å². The lowest BCUT2D eigenvalue weighted by molar-refractivity contribution is -0.146.